The first-order valence-electron chi connectivity index (χ1n) is 9.14. The quantitative estimate of drug-likeness (QED) is 0.528. The van der Waals surface area contributed by atoms with Crippen molar-refractivity contribution in [1.82, 2.24) is 4.57 Å². The zero-order valence-electron chi connectivity index (χ0n) is 16.1. The summed E-state index contributed by atoms with van der Waals surface area (Å²) in [4.78, 5) is 25.7. The summed E-state index contributed by atoms with van der Waals surface area (Å²) in [6.07, 6.45) is 0. The Morgan fingerprint density at radius 3 is 1.90 bits per heavy atom. The Hall–Kier alpha value is -3.80. The molecule has 1 heterocycles. The molecule has 6 heteroatoms. The third-order valence-electron chi connectivity index (χ3n) is 4.82. The Morgan fingerprint density at radius 1 is 0.862 bits per heavy atom. The Morgan fingerprint density at radius 2 is 1.38 bits per heavy atom. The van der Waals surface area contributed by atoms with Crippen LogP contribution in [0.1, 0.15) is 0 Å². The fourth-order valence-electron chi connectivity index (χ4n) is 3.47. The van der Waals surface area contributed by atoms with E-state index in [4.69, 9.17) is 9.47 Å². The molecule has 0 aliphatic heterocycles. The number of carbonyl (C=O) groups excluding carboxylic acids is 1. The lowest BCUT2D eigenvalue weighted by molar-refractivity contribution is -0.116. The minimum Gasteiger partial charge on any atom is -0.497 e. The molecule has 4 rings (SSSR count). The summed E-state index contributed by atoms with van der Waals surface area (Å²) in [5, 5.41) is 4.06. The van der Waals surface area contributed by atoms with Gasteiger partial charge in [-0.1, -0.05) is 24.3 Å². The molecule has 0 aliphatic rings. The number of methoxy groups -OCH3 is 2. The molecule has 1 amide bonds. The van der Waals surface area contributed by atoms with Gasteiger partial charge in [0.2, 0.25) is 5.91 Å². The summed E-state index contributed by atoms with van der Waals surface area (Å²) in [5.74, 6) is 0.942. The molecule has 0 unspecified atom stereocenters. The van der Waals surface area contributed by atoms with Crippen LogP contribution in [0.5, 0.6) is 11.5 Å². The smallest absolute Gasteiger partial charge is 0.244 e. The van der Waals surface area contributed by atoms with Crippen LogP contribution in [-0.2, 0) is 11.3 Å². The first-order chi connectivity index (χ1) is 14.1. The molecule has 0 bridgehead atoms. The molecular weight excluding hydrogens is 368 g/mol. The van der Waals surface area contributed by atoms with E-state index in [1.165, 1.54) is 0 Å². The molecule has 6 nitrogen and oxygen atoms in total. The van der Waals surface area contributed by atoms with Crippen LogP contribution in [0, 0.1) is 0 Å². The van der Waals surface area contributed by atoms with Gasteiger partial charge in [0.15, 0.2) is 5.43 Å². The predicted molar refractivity (Wildman–Crippen MR) is 114 cm³/mol. The van der Waals surface area contributed by atoms with Crippen LogP contribution in [0.15, 0.2) is 71.5 Å². The Bertz CT molecular complexity index is 1190. The highest BCUT2D eigenvalue weighted by Gasteiger charge is 2.13. The van der Waals surface area contributed by atoms with Crippen LogP contribution in [0.2, 0.25) is 0 Å². The van der Waals surface area contributed by atoms with Gasteiger partial charge in [-0.3, -0.25) is 9.59 Å². The highest BCUT2D eigenvalue weighted by Crippen LogP contribution is 2.26. The van der Waals surface area contributed by atoms with Crippen LogP contribution in [-0.4, -0.2) is 24.7 Å². The Balaban J connectivity index is 1.75. The number of rotatable bonds is 5. The molecular formula is C23H20N2O4. The molecule has 0 aliphatic carbocycles. The number of hydrogen-bond donors (Lipinski definition) is 1. The van der Waals surface area contributed by atoms with Crippen molar-refractivity contribution in [3.05, 3.63) is 77.0 Å². The van der Waals surface area contributed by atoms with E-state index in [-0.39, 0.29) is 17.9 Å². The lowest BCUT2D eigenvalue weighted by atomic mass is 10.1. The molecule has 0 atom stereocenters. The molecule has 0 saturated heterocycles. The van der Waals surface area contributed by atoms with Crippen LogP contribution in [0.4, 0.5) is 5.69 Å². The van der Waals surface area contributed by atoms with Crippen LogP contribution < -0.4 is 20.2 Å². The number of ether oxygens (including phenoxy) is 2. The number of aromatic nitrogens is 1. The average Bonchev–Trinajstić information content (AvgIpc) is 2.76. The van der Waals surface area contributed by atoms with E-state index in [1.807, 2.05) is 41.0 Å². The maximum Gasteiger partial charge on any atom is 0.244 e. The van der Waals surface area contributed by atoms with E-state index >= 15 is 0 Å². The van der Waals surface area contributed by atoms with Crippen LogP contribution >= 0.6 is 0 Å². The summed E-state index contributed by atoms with van der Waals surface area (Å²) in [7, 11) is 3.11. The highest BCUT2D eigenvalue weighted by molar-refractivity contribution is 5.97. The van der Waals surface area contributed by atoms with Crippen molar-refractivity contribution in [3.63, 3.8) is 0 Å². The summed E-state index contributed by atoms with van der Waals surface area (Å²) in [6, 6.07) is 19.8. The number of hydrogen-bond acceptors (Lipinski definition) is 4. The minimum absolute atomic E-state index is 0.0367. The van der Waals surface area contributed by atoms with Crippen molar-refractivity contribution in [1.29, 1.82) is 0 Å². The first-order valence-corrected chi connectivity index (χ1v) is 9.14. The average molecular weight is 388 g/mol. The zero-order chi connectivity index (χ0) is 20.4. The van der Waals surface area contributed by atoms with Crippen LogP contribution in [0.3, 0.4) is 0 Å². The number of benzene rings is 3. The summed E-state index contributed by atoms with van der Waals surface area (Å²) >= 11 is 0. The van der Waals surface area contributed by atoms with Gasteiger partial charge in [0.25, 0.3) is 0 Å². The molecule has 146 valence electrons. The molecule has 1 N–H and O–H groups in total. The molecule has 1 aromatic heterocycles. The second kappa shape index (κ2) is 7.67. The monoisotopic (exact) mass is 388 g/mol. The minimum atomic E-state index is -0.223. The van der Waals surface area contributed by atoms with E-state index in [1.54, 1.807) is 44.6 Å². The number of carbonyl (C=O) groups is 1. The van der Waals surface area contributed by atoms with E-state index in [9.17, 15) is 9.59 Å². The van der Waals surface area contributed by atoms with Gasteiger partial charge in [-0.05, 0) is 24.3 Å². The number of para-hydroxylation sites is 2. The van der Waals surface area contributed by atoms with Crippen molar-refractivity contribution in [3.8, 4) is 11.5 Å². The summed E-state index contributed by atoms with van der Waals surface area (Å²) < 4.78 is 12.4. The van der Waals surface area contributed by atoms with E-state index < -0.39 is 0 Å². The fraction of sp³-hybridized carbons (Fsp3) is 0.130. The van der Waals surface area contributed by atoms with Crippen molar-refractivity contribution in [2.45, 2.75) is 6.54 Å². The van der Waals surface area contributed by atoms with Crippen molar-refractivity contribution < 1.29 is 14.3 Å². The largest absolute Gasteiger partial charge is 0.497 e. The number of fused-ring (bicyclic) bond motifs is 2. The number of pyridine rings is 1. The van der Waals surface area contributed by atoms with Crippen LogP contribution in [0.25, 0.3) is 21.8 Å². The van der Waals surface area contributed by atoms with E-state index in [0.717, 1.165) is 11.0 Å². The Labute approximate surface area is 167 Å². The maximum absolute atomic E-state index is 12.9. The third kappa shape index (κ3) is 3.52. The third-order valence-corrected chi connectivity index (χ3v) is 4.82. The first kappa shape index (κ1) is 18.6. The number of nitrogens with one attached hydrogen (secondary N) is 1. The molecule has 0 radical (unpaired) electrons. The lowest BCUT2D eigenvalue weighted by Gasteiger charge is -2.15. The van der Waals surface area contributed by atoms with Gasteiger partial charge in [-0.15, -0.1) is 0 Å². The summed E-state index contributed by atoms with van der Waals surface area (Å²) in [5.41, 5.74) is 1.97. The number of anilines is 1. The van der Waals surface area contributed by atoms with Crippen molar-refractivity contribution in [2.24, 2.45) is 0 Å². The van der Waals surface area contributed by atoms with Gasteiger partial charge >= 0.3 is 0 Å². The normalized spacial score (nSPS) is 10.8. The highest BCUT2D eigenvalue weighted by atomic mass is 16.5. The van der Waals surface area contributed by atoms with Crippen molar-refractivity contribution in [2.75, 3.05) is 19.5 Å². The Kier molecular flexibility index (Phi) is 4.91. The second-order valence-corrected chi connectivity index (χ2v) is 6.60. The van der Waals surface area contributed by atoms with E-state index in [0.29, 0.717) is 28.0 Å². The standard InChI is InChI=1S/C23H20N2O4/c1-28-16-11-15(12-17(13-16)29-2)24-22(26)14-25-20-9-5-3-7-18(20)23(27)19-8-4-6-10-21(19)25/h3-13H,14H2,1-2H3,(H,24,26). The molecule has 29 heavy (non-hydrogen) atoms. The van der Waals surface area contributed by atoms with Gasteiger partial charge < -0.3 is 19.4 Å². The fourth-order valence-corrected chi connectivity index (χ4v) is 3.47. The van der Waals surface area contributed by atoms with Gasteiger partial charge in [-0.25, -0.2) is 0 Å². The predicted octanol–water partition coefficient (Wildman–Crippen LogP) is 3.81. The van der Waals surface area contributed by atoms with Crippen molar-refractivity contribution >= 4 is 33.4 Å². The van der Waals surface area contributed by atoms with Gasteiger partial charge in [0, 0.05) is 34.7 Å². The topological polar surface area (TPSA) is 69.6 Å². The molecule has 0 fully saturated rings. The second-order valence-electron chi connectivity index (χ2n) is 6.60. The lowest BCUT2D eigenvalue weighted by Crippen LogP contribution is -2.21. The molecule has 0 spiro atoms. The number of nitrogens with zero attached hydrogens (tertiary/aromatic N) is 1. The van der Waals surface area contributed by atoms with Gasteiger partial charge in [0.1, 0.15) is 18.0 Å². The molecule has 3 aromatic carbocycles. The SMILES string of the molecule is COc1cc(NC(=O)Cn2c3ccccc3c(=O)c3ccccc32)cc(OC)c1. The molecule has 4 aromatic rings. The maximum atomic E-state index is 12.9. The van der Waals surface area contributed by atoms with E-state index in [2.05, 4.69) is 5.32 Å². The van der Waals surface area contributed by atoms with Gasteiger partial charge in [-0.2, -0.15) is 0 Å². The number of amides is 1. The summed E-state index contributed by atoms with van der Waals surface area (Å²) in [6.45, 7) is 0.0564. The molecule has 0 saturated carbocycles. The zero-order valence-corrected chi connectivity index (χ0v) is 16.1. The van der Waals surface area contributed by atoms with Gasteiger partial charge in [0.05, 0.1) is 25.3 Å².